The van der Waals surface area contributed by atoms with E-state index in [1.807, 2.05) is 29.2 Å². The molecule has 1 aromatic carbocycles. The molecular weight excluding hydrogens is 320 g/mol. The van der Waals surface area contributed by atoms with Crippen molar-refractivity contribution in [2.45, 2.75) is 12.8 Å². The van der Waals surface area contributed by atoms with Crippen LogP contribution < -0.4 is 14.8 Å². The number of hydrogen-bond acceptors (Lipinski definition) is 6. The first-order valence-corrected chi connectivity index (χ1v) is 8.39. The Morgan fingerprint density at radius 2 is 1.88 bits per heavy atom. The molecule has 0 spiro atoms. The first-order valence-electron chi connectivity index (χ1n) is 8.39. The second-order valence-electron chi connectivity index (χ2n) is 5.72. The number of amides is 1. The van der Waals surface area contributed by atoms with Crippen LogP contribution in [0.4, 0.5) is 5.95 Å². The molecule has 0 radical (unpaired) electrons. The van der Waals surface area contributed by atoms with Crippen molar-refractivity contribution < 1.29 is 14.3 Å². The van der Waals surface area contributed by atoms with Gasteiger partial charge in [-0.25, -0.2) is 9.97 Å². The fourth-order valence-corrected chi connectivity index (χ4v) is 2.65. The fourth-order valence-electron chi connectivity index (χ4n) is 2.65. The maximum Gasteiger partial charge on any atom is 0.272 e. The van der Waals surface area contributed by atoms with Crippen molar-refractivity contribution in [1.29, 1.82) is 0 Å². The Kier molecular flexibility index (Phi) is 5.66. The average Bonchev–Trinajstić information content (AvgIpc) is 3.20. The molecule has 7 nitrogen and oxygen atoms in total. The number of hydrogen-bond donors (Lipinski definition) is 1. The molecule has 1 amide bonds. The molecule has 7 heteroatoms. The summed E-state index contributed by atoms with van der Waals surface area (Å²) in [6.07, 6.45) is 3.72. The van der Waals surface area contributed by atoms with Gasteiger partial charge in [-0.15, -0.1) is 0 Å². The molecule has 0 bridgehead atoms. The lowest BCUT2D eigenvalue weighted by molar-refractivity contribution is 0.0787. The van der Waals surface area contributed by atoms with Gasteiger partial charge in [-0.3, -0.25) is 4.79 Å². The van der Waals surface area contributed by atoms with Gasteiger partial charge in [0, 0.05) is 19.3 Å². The Morgan fingerprint density at radius 3 is 2.60 bits per heavy atom. The van der Waals surface area contributed by atoms with Crippen LogP contribution in [0.25, 0.3) is 0 Å². The van der Waals surface area contributed by atoms with Crippen molar-refractivity contribution in [3.8, 4) is 11.5 Å². The van der Waals surface area contributed by atoms with Gasteiger partial charge in [0.25, 0.3) is 5.91 Å². The van der Waals surface area contributed by atoms with Gasteiger partial charge < -0.3 is 19.7 Å². The van der Waals surface area contributed by atoms with Gasteiger partial charge in [0.2, 0.25) is 5.95 Å². The second-order valence-corrected chi connectivity index (χ2v) is 5.72. The Labute approximate surface area is 147 Å². The Bertz CT molecular complexity index is 700. The first-order chi connectivity index (χ1) is 12.3. The van der Waals surface area contributed by atoms with Gasteiger partial charge >= 0.3 is 0 Å². The molecule has 132 valence electrons. The largest absolute Gasteiger partial charge is 0.497 e. The molecule has 1 aliphatic heterocycles. The summed E-state index contributed by atoms with van der Waals surface area (Å²) < 4.78 is 10.7. The molecule has 1 aromatic heterocycles. The monoisotopic (exact) mass is 342 g/mol. The van der Waals surface area contributed by atoms with Gasteiger partial charge in [0.1, 0.15) is 23.8 Å². The van der Waals surface area contributed by atoms with E-state index in [1.54, 1.807) is 19.4 Å². The molecule has 1 fully saturated rings. The average molecular weight is 342 g/mol. The number of methoxy groups -OCH3 is 1. The minimum atomic E-state index is -0.0302. The summed E-state index contributed by atoms with van der Waals surface area (Å²) in [7, 11) is 1.63. The summed E-state index contributed by atoms with van der Waals surface area (Å²) in [4.78, 5) is 22.6. The van der Waals surface area contributed by atoms with Crippen LogP contribution in [0.3, 0.4) is 0 Å². The van der Waals surface area contributed by atoms with Crippen molar-refractivity contribution in [3.05, 3.63) is 42.2 Å². The van der Waals surface area contributed by atoms with E-state index >= 15 is 0 Å². The quantitative estimate of drug-likeness (QED) is 0.778. The number of nitrogens with zero attached hydrogens (tertiary/aromatic N) is 3. The third kappa shape index (κ3) is 4.59. The van der Waals surface area contributed by atoms with E-state index in [4.69, 9.17) is 9.47 Å². The minimum absolute atomic E-state index is 0.0302. The van der Waals surface area contributed by atoms with Crippen LogP contribution >= 0.6 is 0 Å². The predicted molar refractivity (Wildman–Crippen MR) is 94.1 cm³/mol. The molecule has 2 aromatic rings. The lowest BCUT2D eigenvalue weighted by atomic mass is 10.3. The van der Waals surface area contributed by atoms with Crippen LogP contribution in [0.2, 0.25) is 0 Å². The Morgan fingerprint density at radius 1 is 1.16 bits per heavy atom. The molecular formula is C18H22N4O3. The maximum absolute atomic E-state index is 12.3. The lowest BCUT2D eigenvalue weighted by Crippen LogP contribution is -2.28. The van der Waals surface area contributed by atoms with E-state index in [0.717, 1.165) is 37.4 Å². The normalized spacial score (nSPS) is 13.6. The van der Waals surface area contributed by atoms with Crippen molar-refractivity contribution in [3.63, 3.8) is 0 Å². The highest BCUT2D eigenvalue weighted by Crippen LogP contribution is 2.17. The van der Waals surface area contributed by atoms with E-state index in [9.17, 15) is 4.79 Å². The molecule has 0 aliphatic carbocycles. The summed E-state index contributed by atoms with van der Waals surface area (Å²) in [6.45, 7) is 2.61. The second kappa shape index (κ2) is 8.32. The number of rotatable bonds is 7. The highest BCUT2D eigenvalue weighted by atomic mass is 16.5. The van der Waals surface area contributed by atoms with Gasteiger partial charge in [0.05, 0.1) is 13.7 Å². The van der Waals surface area contributed by atoms with Gasteiger partial charge in [-0.05, 0) is 43.2 Å². The first kappa shape index (κ1) is 17.0. The van der Waals surface area contributed by atoms with Crippen LogP contribution in [0.5, 0.6) is 11.5 Å². The number of benzene rings is 1. The van der Waals surface area contributed by atoms with E-state index in [-0.39, 0.29) is 5.91 Å². The SMILES string of the molecule is COc1ccc(OCCNc2nccc(C(=O)N3CCCC3)n2)cc1. The predicted octanol–water partition coefficient (Wildman–Crippen LogP) is 2.21. The minimum Gasteiger partial charge on any atom is -0.497 e. The molecule has 1 aliphatic rings. The summed E-state index contributed by atoms with van der Waals surface area (Å²) in [5, 5.41) is 3.08. The number of anilines is 1. The number of nitrogens with one attached hydrogen (secondary N) is 1. The smallest absolute Gasteiger partial charge is 0.272 e. The maximum atomic E-state index is 12.3. The topological polar surface area (TPSA) is 76.6 Å². The number of carbonyl (C=O) groups excluding carboxylic acids is 1. The molecule has 3 rings (SSSR count). The third-order valence-corrected chi connectivity index (χ3v) is 3.98. The highest BCUT2D eigenvalue weighted by Gasteiger charge is 2.20. The molecule has 0 saturated carbocycles. The summed E-state index contributed by atoms with van der Waals surface area (Å²) >= 11 is 0. The van der Waals surface area contributed by atoms with Crippen LogP contribution in [0.15, 0.2) is 36.5 Å². The zero-order valence-corrected chi connectivity index (χ0v) is 14.3. The fraction of sp³-hybridized carbons (Fsp3) is 0.389. The molecule has 1 N–H and O–H groups in total. The van der Waals surface area contributed by atoms with E-state index in [0.29, 0.717) is 24.8 Å². The van der Waals surface area contributed by atoms with Crippen molar-refractivity contribution in [1.82, 2.24) is 14.9 Å². The lowest BCUT2D eigenvalue weighted by Gasteiger charge is -2.14. The van der Waals surface area contributed by atoms with Gasteiger partial charge in [0.15, 0.2) is 0 Å². The summed E-state index contributed by atoms with van der Waals surface area (Å²) in [5.41, 5.74) is 0.426. The summed E-state index contributed by atoms with van der Waals surface area (Å²) in [6, 6.07) is 9.05. The standard InChI is InChI=1S/C18H22N4O3/c1-24-14-4-6-15(7-5-14)25-13-10-20-18-19-9-8-16(21-18)17(23)22-11-2-3-12-22/h4-9H,2-3,10-13H2,1H3,(H,19,20,21). The van der Waals surface area contributed by atoms with Gasteiger partial charge in [-0.1, -0.05) is 0 Å². The molecule has 2 heterocycles. The highest BCUT2D eigenvalue weighted by molar-refractivity contribution is 5.92. The number of ether oxygens (including phenoxy) is 2. The third-order valence-electron chi connectivity index (χ3n) is 3.98. The van der Waals surface area contributed by atoms with Crippen LogP contribution in [0, 0.1) is 0 Å². The molecule has 0 atom stereocenters. The zero-order valence-electron chi connectivity index (χ0n) is 14.3. The molecule has 0 unspecified atom stereocenters. The molecule has 1 saturated heterocycles. The van der Waals surface area contributed by atoms with E-state index < -0.39 is 0 Å². The Hall–Kier alpha value is -2.83. The number of likely N-dealkylation sites (tertiary alicyclic amines) is 1. The van der Waals surface area contributed by atoms with E-state index in [1.165, 1.54) is 0 Å². The van der Waals surface area contributed by atoms with Crippen LogP contribution in [-0.2, 0) is 0 Å². The van der Waals surface area contributed by atoms with Crippen LogP contribution in [0.1, 0.15) is 23.3 Å². The van der Waals surface area contributed by atoms with Crippen molar-refractivity contribution in [2.75, 3.05) is 38.7 Å². The van der Waals surface area contributed by atoms with E-state index in [2.05, 4.69) is 15.3 Å². The molecule has 25 heavy (non-hydrogen) atoms. The number of carbonyl (C=O) groups is 1. The zero-order chi connectivity index (χ0) is 17.5. The Balaban J connectivity index is 1.47. The van der Waals surface area contributed by atoms with Gasteiger partial charge in [-0.2, -0.15) is 0 Å². The van der Waals surface area contributed by atoms with Crippen molar-refractivity contribution in [2.24, 2.45) is 0 Å². The van der Waals surface area contributed by atoms with Crippen molar-refractivity contribution >= 4 is 11.9 Å². The number of aromatic nitrogens is 2. The van der Waals surface area contributed by atoms with Crippen LogP contribution in [-0.4, -0.2) is 54.1 Å². The summed E-state index contributed by atoms with van der Waals surface area (Å²) in [5.74, 6) is 1.96.